The number of benzene rings is 2. The molecule has 8 nitrogen and oxygen atoms in total. The van der Waals surface area contributed by atoms with E-state index in [0.29, 0.717) is 16.9 Å². The predicted molar refractivity (Wildman–Crippen MR) is 92.3 cm³/mol. The molecule has 0 saturated carbocycles. The Morgan fingerprint density at radius 1 is 1.12 bits per heavy atom. The van der Waals surface area contributed by atoms with Crippen molar-refractivity contribution in [3.05, 3.63) is 64.5 Å². The quantitative estimate of drug-likeness (QED) is 0.354. The predicted octanol–water partition coefficient (Wildman–Crippen LogP) is 3.12. The number of aromatic nitrogens is 1. The zero-order chi connectivity index (χ0) is 17.8. The van der Waals surface area contributed by atoms with Crippen LogP contribution in [0.1, 0.15) is 5.56 Å². The first-order valence-electron chi connectivity index (χ1n) is 7.07. The molecule has 0 spiro atoms. The summed E-state index contributed by atoms with van der Waals surface area (Å²) in [5.41, 5.74) is 4.39. The van der Waals surface area contributed by atoms with E-state index in [1.54, 1.807) is 23.7 Å². The Bertz CT molecular complexity index is 983. The van der Waals surface area contributed by atoms with E-state index in [9.17, 15) is 15.2 Å². The van der Waals surface area contributed by atoms with E-state index in [-0.39, 0.29) is 17.5 Å². The number of rotatable bonds is 2. The Morgan fingerprint density at radius 3 is 2.56 bits per heavy atom. The van der Waals surface area contributed by atoms with Crippen molar-refractivity contribution in [2.75, 3.05) is 10.8 Å². The van der Waals surface area contributed by atoms with E-state index < -0.39 is 0 Å². The van der Waals surface area contributed by atoms with E-state index in [1.807, 2.05) is 30.3 Å². The zero-order valence-corrected chi connectivity index (χ0v) is 13.5. The molecular weight excluding hydrogens is 376 g/mol. The van der Waals surface area contributed by atoms with Crippen LogP contribution in [0.2, 0.25) is 0 Å². The van der Waals surface area contributed by atoms with Gasteiger partial charge in [0.1, 0.15) is 0 Å². The monoisotopic (exact) mass is 387 g/mol. The third-order valence-electron chi connectivity index (χ3n) is 3.59. The van der Waals surface area contributed by atoms with E-state index in [4.69, 9.17) is 0 Å². The van der Waals surface area contributed by atoms with Gasteiger partial charge in [-0.25, -0.2) is 0 Å². The van der Waals surface area contributed by atoms with Crippen molar-refractivity contribution in [3.63, 3.8) is 0 Å². The molecule has 1 amide bonds. The second-order valence-electron chi connectivity index (χ2n) is 5.00. The van der Waals surface area contributed by atoms with Gasteiger partial charge in [0.05, 0.1) is 5.69 Å². The number of carbonyl (C=O) groups excluding carboxylic acids is 1. The molecule has 3 aromatic rings. The topological polar surface area (TPSA) is 131 Å². The van der Waals surface area contributed by atoms with Gasteiger partial charge < -0.3 is 10.4 Å². The number of fused-ring (bicyclic) bond motifs is 2. The minimum absolute atomic E-state index is 0.0746. The number of nitrogens with one attached hydrogen (secondary N) is 3. The van der Waals surface area contributed by atoms with Crippen molar-refractivity contribution in [1.29, 1.82) is 0 Å². The number of hydrogen-bond donors (Lipinski definition) is 3. The van der Waals surface area contributed by atoms with Crippen molar-refractivity contribution in [2.24, 2.45) is 5.16 Å². The second-order valence-corrected chi connectivity index (χ2v) is 5.19. The van der Waals surface area contributed by atoms with Crippen LogP contribution in [0.4, 0.5) is 11.4 Å². The number of aromatic amines is 1. The minimum atomic E-state index is -0.175. The fraction of sp³-hybridized carbons (Fsp3) is 0. The Kier molecular flexibility index (Phi) is 4.90. The van der Waals surface area contributed by atoms with Gasteiger partial charge in [-0.05, 0) is 6.07 Å². The molecule has 131 valence electrons. The van der Waals surface area contributed by atoms with E-state index >= 15 is 0 Å². The summed E-state index contributed by atoms with van der Waals surface area (Å²) in [4.78, 5) is 12.1. The Labute approximate surface area is 149 Å². The number of amides is 1. The molecule has 4 N–H and O–H groups in total. The molecule has 0 unspecified atom stereocenters. The third kappa shape index (κ3) is 3.16. The molecular formula is C16H12CuN4O4. The third-order valence-corrected chi connectivity index (χ3v) is 3.78. The molecule has 0 bridgehead atoms. The number of para-hydroxylation sites is 2. The number of hydrogen-bond acceptors (Lipinski definition) is 4. The second kappa shape index (κ2) is 7.27. The Balaban J connectivity index is 0.000000146. The van der Waals surface area contributed by atoms with E-state index in [2.05, 4.69) is 34.9 Å². The Hall–Kier alpha value is -3.00. The maximum absolute atomic E-state index is 10.6. The average molecular weight is 388 g/mol. The normalized spacial score (nSPS) is 13.9. The van der Waals surface area contributed by atoms with Crippen LogP contribution in [-0.2, 0) is 19.4 Å². The molecule has 0 aliphatic carbocycles. The molecule has 1 aliphatic heterocycles. The van der Waals surface area contributed by atoms with Crippen LogP contribution < -0.4 is 10.8 Å². The van der Waals surface area contributed by atoms with Crippen LogP contribution in [0, 0.1) is 10.4 Å². The molecule has 0 radical (unpaired) electrons. The summed E-state index contributed by atoms with van der Waals surface area (Å²) < 4.78 is 4.57. The molecule has 2 heterocycles. The summed E-state index contributed by atoms with van der Waals surface area (Å²) in [6.45, 7) is 0. The van der Waals surface area contributed by atoms with Gasteiger partial charge in [0.2, 0.25) is 0 Å². The van der Waals surface area contributed by atoms with Crippen molar-refractivity contribution < 1.29 is 24.2 Å². The molecule has 0 saturated heterocycles. The van der Waals surface area contributed by atoms with Crippen molar-refractivity contribution in [2.45, 2.75) is 0 Å². The van der Waals surface area contributed by atoms with Gasteiger partial charge in [-0.15, -0.1) is 0 Å². The summed E-state index contributed by atoms with van der Waals surface area (Å²) in [5.74, 6) is 0.0994. The molecule has 2 aromatic carbocycles. The molecule has 9 heteroatoms. The fourth-order valence-electron chi connectivity index (χ4n) is 2.47. The molecule has 25 heavy (non-hydrogen) atoms. The Morgan fingerprint density at radius 2 is 1.84 bits per heavy atom. The maximum atomic E-state index is 10.6. The number of nitrogens with zero attached hydrogens (tertiary/aromatic N) is 1. The van der Waals surface area contributed by atoms with Gasteiger partial charge in [-0.2, -0.15) is 0 Å². The van der Waals surface area contributed by atoms with Crippen LogP contribution >= 0.6 is 0 Å². The van der Waals surface area contributed by atoms with Crippen LogP contribution in [0.3, 0.4) is 0 Å². The first-order valence-corrected chi connectivity index (χ1v) is 7.45. The van der Waals surface area contributed by atoms with Crippen LogP contribution in [0.5, 0.6) is 5.88 Å². The summed E-state index contributed by atoms with van der Waals surface area (Å²) >= 11 is 4.55. The van der Waals surface area contributed by atoms with Gasteiger partial charge in [0.15, 0.2) is 5.71 Å². The molecule has 0 fully saturated rings. The first kappa shape index (κ1) is 16.8. The first-order chi connectivity index (χ1) is 12.2. The van der Waals surface area contributed by atoms with Crippen LogP contribution in [0.15, 0.2) is 53.7 Å². The van der Waals surface area contributed by atoms with Gasteiger partial charge in [-0.3, -0.25) is 10.1 Å². The summed E-state index contributed by atoms with van der Waals surface area (Å²) in [7, 11) is 0. The fourth-order valence-corrected chi connectivity index (χ4v) is 2.61. The van der Waals surface area contributed by atoms with Crippen LogP contribution in [-0.4, -0.2) is 21.4 Å². The van der Waals surface area contributed by atoms with Gasteiger partial charge in [-0.1, -0.05) is 18.2 Å². The standard InChI is InChI=1S/C8H7N2O2.C8H6N2O2.Cu/c2*11-8-7(10-12)5-3-1-2-4-6(5)9-8;/h1-4,9-11H;1-4,12H,(H,9,10,11);/q-1;;+2/p-1. The van der Waals surface area contributed by atoms with E-state index in [0.717, 1.165) is 10.9 Å². The van der Waals surface area contributed by atoms with Crippen molar-refractivity contribution in [1.82, 2.24) is 4.98 Å². The molecule has 1 aliphatic rings. The number of anilines is 2. The zero-order valence-electron chi connectivity index (χ0n) is 12.5. The summed E-state index contributed by atoms with van der Waals surface area (Å²) in [6, 6.07) is 14.4. The van der Waals surface area contributed by atoms with Gasteiger partial charge in [0, 0.05) is 5.56 Å². The van der Waals surface area contributed by atoms with Crippen molar-refractivity contribution in [3.8, 4) is 5.88 Å². The van der Waals surface area contributed by atoms with Gasteiger partial charge in [0.25, 0.3) is 0 Å². The van der Waals surface area contributed by atoms with E-state index in [1.165, 1.54) is 0 Å². The molecule has 0 atom stereocenters. The molecule has 1 aromatic heterocycles. The van der Waals surface area contributed by atoms with Crippen molar-refractivity contribution >= 4 is 33.9 Å². The SMILES string of the molecule is [O-]N=C1C(=[OH+])Nc2ccccc21.[O-]Nc1c([O+]=[Cu])[nH]c2ccccc12. The number of H-pyrrole nitrogens is 1. The summed E-state index contributed by atoms with van der Waals surface area (Å²) in [5, 5.41) is 27.0. The van der Waals surface area contributed by atoms with Crippen LogP contribution in [0.25, 0.3) is 10.9 Å². The molecule has 4 rings (SSSR count). The average Bonchev–Trinajstić information content (AvgIpc) is 3.17. The van der Waals surface area contributed by atoms with Gasteiger partial charge >= 0.3 is 87.7 Å². The summed E-state index contributed by atoms with van der Waals surface area (Å²) in [6.07, 6.45) is 0.